The van der Waals surface area contributed by atoms with Crippen molar-refractivity contribution in [3.63, 3.8) is 0 Å². The zero-order valence-corrected chi connectivity index (χ0v) is 37.2. The third kappa shape index (κ3) is 6.32. The highest BCUT2D eigenvalue weighted by Gasteiger charge is 2.72. The maximum Gasteiger partial charge on any atom is 0.309 e. The highest BCUT2D eigenvalue weighted by Crippen LogP contribution is 2.78. The Morgan fingerprint density at radius 3 is 2.34 bits per heavy atom. The van der Waals surface area contributed by atoms with Gasteiger partial charge >= 0.3 is 11.9 Å². The molecule has 318 valence electrons. The van der Waals surface area contributed by atoms with Gasteiger partial charge in [-0.05, 0) is 148 Å². The van der Waals surface area contributed by atoms with E-state index >= 15 is 4.79 Å². The van der Waals surface area contributed by atoms with E-state index in [9.17, 15) is 14.7 Å². The Kier molecular flexibility index (Phi) is 10.4. The summed E-state index contributed by atoms with van der Waals surface area (Å²) in [4.78, 5) is 51.2. The molecular weight excluding hydrogens is 723 g/mol. The SMILES string of the molecule is CC(C)[C@@H]1CC[C@]2(C(=O)N3CCC[C@H](c4ncc(-c5ccccc5)[nH]4)C3)CC[C@]3(C)[C@H](CC[C@H]4C3(C)CC[C@H]3C(C)(C)[C@@H](OC(=O)CC(C)(C)C(=O)O)CC[C@@]34C)[C@@H]12. The van der Waals surface area contributed by atoms with Crippen LogP contribution in [0.1, 0.15) is 158 Å². The third-order valence-corrected chi connectivity index (χ3v) is 18.9. The van der Waals surface area contributed by atoms with E-state index in [1.54, 1.807) is 13.8 Å². The Bertz CT molecular complexity index is 1890. The zero-order chi connectivity index (χ0) is 41.6. The summed E-state index contributed by atoms with van der Waals surface area (Å²) in [5.74, 6) is 3.38. The Hall–Kier alpha value is -3.16. The molecule has 5 aliphatic carbocycles. The lowest BCUT2D eigenvalue weighted by molar-refractivity contribution is -0.251. The number of nitrogens with zero attached hydrogens (tertiary/aromatic N) is 2. The van der Waals surface area contributed by atoms with E-state index in [2.05, 4.69) is 82.6 Å². The van der Waals surface area contributed by atoms with Crippen molar-refractivity contribution in [2.24, 2.45) is 68.0 Å². The van der Waals surface area contributed by atoms with Crippen LogP contribution in [0.15, 0.2) is 36.5 Å². The summed E-state index contributed by atoms with van der Waals surface area (Å²) in [5.41, 5.74) is 1.000. The number of carboxylic acids is 1. The van der Waals surface area contributed by atoms with Gasteiger partial charge in [0.1, 0.15) is 11.9 Å². The van der Waals surface area contributed by atoms with Gasteiger partial charge in [0.05, 0.1) is 29.1 Å². The van der Waals surface area contributed by atoms with Crippen molar-refractivity contribution in [1.29, 1.82) is 0 Å². The standard InChI is InChI=1S/C50H73N3O5/c1-31(2)34-19-24-50(43(55)53-27-13-16-33(30-53)42-51-29-36(52-42)32-14-11-10-12-15-32)26-25-48(8)35(41(34)50)17-18-38-47(7)22-21-39(58-40(54)28-45(3,4)44(56)57)46(5,6)37(47)20-23-49(38,48)9/h10-12,14-15,29,31,33-35,37-39,41H,13,16-28,30H2,1-9H3,(H,51,52)(H,56,57)/t33-,34-,35+,37-,38+,39-,41+,47-,48+,49?,50-/m0/s1. The second kappa shape index (κ2) is 14.5. The maximum atomic E-state index is 15.4. The van der Waals surface area contributed by atoms with Crippen LogP contribution in [0.25, 0.3) is 11.3 Å². The van der Waals surface area contributed by atoms with Gasteiger partial charge in [0, 0.05) is 24.4 Å². The van der Waals surface area contributed by atoms with Crippen LogP contribution in [-0.4, -0.2) is 57.0 Å². The molecule has 0 spiro atoms. The molecule has 1 aromatic carbocycles. The van der Waals surface area contributed by atoms with Gasteiger partial charge in [-0.25, -0.2) is 4.98 Å². The molecule has 2 N–H and O–H groups in total. The number of ether oxygens (including phenoxy) is 1. The number of likely N-dealkylation sites (tertiary alicyclic amines) is 1. The summed E-state index contributed by atoms with van der Waals surface area (Å²) in [7, 11) is 0. The number of carbonyl (C=O) groups excluding carboxylic acids is 2. The van der Waals surface area contributed by atoms with E-state index in [0.717, 1.165) is 88.0 Å². The van der Waals surface area contributed by atoms with E-state index in [1.807, 2.05) is 12.3 Å². The minimum Gasteiger partial charge on any atom is -0.481 e. The Balaban J connectivity index is 1.03. The third-order valence-electron chi connectivity index (χ3n) is 18.9. The lowest BCUT2D eigenvalue weighted by Crippen LogP contribution is -2.67. The normalized spacial score (nSPS) is 39.6. The predicted octanol–water partition coefficient (Wildman–Crippen LogP) is 10.9. The van der Waals surface area contributed by atoms with Crippen molar-refractivity contribution >= 4 is 17.8 Å². The molecule has 8 rings (SSSR count). The topological polar surface area (TPSA) is 113 Å². The Morgan fingerprint density at radius 2 is 1.64 bits per heavy atom. The number of benzene rings is 1. The molecule has 1 aliphatic heterocycles. The van der Waals surface area contributed by atoms with Gasteiger partial charge in [-0.2, -0.15) is 0 Å². The number of aromatic nitrogens is 2. The number of hydrogen-bond acceptors (Lipinski definition) is 5. The smallest absolute Gasteiger partial charge is 0.309 e. The number of aromatic amines is 1. The number of esters is 1. The molecule has 8 heteroatoms. The summed E-state index contributed by atoms with van der Waals surface area (Å²) in [6.45, 7) is 22.2. The molecule has 5 saturated carbocycles. The van der Waals surface area contributed by atoms with Crippen LogP contribution in [-0.2, 0) is 19.1 Å². The van der Waals surface area contributed by atoms with Crippen LogP contribution in [0.2, 0.25) is 0 Å². The summed E-state index contributed by atoms with van der Waals surface area (Å²) in [5, 5.41) is 9.67. The first-order valence-electron chi connectivity index (χ1n) is 23.1. The van der Waals surface area contributed by atoms with Gasteiger partial charge in [0.15, 0.2) is 0 Å². The van der Waals surface area contributed by atoms with Crippen molar-refractivity contribution in [3.8, 4) is 11.3 Å². The Labute approximate surface area is 348 Å². The number of fused-ring (bicyclic) bond motifs is 7. The number of carboxylic acid groups (broad SMARTS) is 1. The van der Waals surface area contributed by atoms with Crippen LogP contribution in [0.5, 0.6) is 0 Å². The van der Waals surface area contributed by atoms with Crippen molar-refractivity contribution in [2.45, 2.75) is 158 Å². The van der Waals surface area contributed by atoms with E-state index in [-0.39, 0.29) is 45.5 Å². The number of nitrogens with one attached hydrogen (secondary N) is 1. The monoisotopic (exact) mass is 796 g/mol. The average molecular weight is 796 g/mol. The minimum absolute atomic E-state index is 0.113. The van der Waals surface area contributed by atoms with Gasteiger partial charge in [-0.15, -0.1) is 0 Å². The quantitative estimate of drug-likeness (QED) is 0.257. The van der Waals surface area contributed by atoms with Crippen LogP contribution in [0, 0.1) is 68.0 Å². The number of piperidine rings is 1. The van der Waals surface area contributed by atoms with Crippen molar-refractivity contribution < 1.29 is 24.2 Å². The highest BCUT2D eigenvalue weighted by atomic mass is 16.5. The van der Waals surface area contributed by atoms with Gasteiger partial charge in [-0.1, -0.05) is 78.8 Å². The summed E-state index contributed by atoms with van der Waals surface area (Å²) < 4.78 is 6.23. The molecular formula is C50H73N3O5. The summed E-state index contributed by atoms with van der Waals surface area (Å²) >= 11 is 0. The van der Waals surface area contributed by atoms with E-state index in [4.69, 9.17) is 9.72 Å². The first-order valence-corrected chi connectivity index (χ1v) is 23.1. The fourth-order valence-electron chi connectivity index (χ4n) is 15.6. The number of hydrogen-bond donors (Lipinski definition) is 2. The van der Waals surface area contributed by atoms with Crippen LogP contribution >= 0.6 is 0 Å². The van der Waals surface area contributed by atoms with Gasteiger partial charge in [-0.3, -0.25) is 14.4 Å². The molecule has 8 nitrogen and oxygen atoms in total. The van der Waals surface area contributed by atoms with Gasteiger partial charge in [0.2, 0.25) is 5.91 Å². The first-order chi connectivity index (χ1) is 27.3. The van der Waals surface area contributed by atoms with Crippen LogP contribution < -0.4 is 0 Å². The first kappa shape index (κ1) is 41.6. The molecule has 58 heavy (non-hydrogen) atoms. The molecule has 6 fully saturated rings. The number of amides is 1. The van der Waals surface area contributed by atoms with Crippen molar-refractivity contribution in [1.82, 2.24) is 14.9 Å². The molecule has 1 amide bonds. The van der Waals surface area contributed by atoms with Gasteiger partial charge in [0.25, 0.3) is 0 Å². The molecule has 1 unspecified atom stereocenters. The van der Waals surface area contributed by atoms with Gasteiger partial charge < -0.3 is 19.7 Å². The number of rotatable bonds is 8. The second-order valence-electron chi connectivity index (χ2n) is 22.6. The van der Waals surface area contributed by atoms with Crippen LogP contribution in [0.3, 0.4) is 0 Å². The van der Waals surface area contributed by atoms with E-state index in [0.29, 0.717) is 41.4 Å². The molecule has 1 aromatic heterocycles. The average Bonchev–Trinajstić information content (AvgIpc) is 3.83. The number of carbonyl (C=O) groups is 3. The summed E-state index contributed by atoms with van der Waals surface area (Å²) in [6, 6.07) is 10.4. The van der Waals surface area contributed by atoms with E-state index in [1.165, 1.54) is 19.3 Å². The predicted molar refractivity (Wildman–Crippen MR) is 227 cm³/mol. The molecule has 1 saturated heterocycles. The largest absolute Gasteiger partial charge is 0.481 e. The molecule has 0 radical (unpaired) electrons. The molecule has 2 heterocycles. The lowest BCUT2D eigenvalue weighted by Gasteiger charge is -2.73. The lowest BCUT2D eigenvalue weighted by atomic mass is 9.32. The molecule has 11 atom stereocenters. The minimum atomic E-state index is -1.15. The number of aliphatic carboxylic acids is 1. The maximum absolute atomic E-state index is 15.4. The molecule has 2 aromatic rings. The fraction of sp³-hybridized carbons (Fsp3) is 0.760. The number of imidazole rings is 1. The Morgan fingerprint density at radius 1 is 0.897 bits per heavy atom. The molecule has 0 bridgehead atoms. The highest BCUT2D eigenvalue weighted by molar-refractivity contribution is 5.84. The van der Waals surface area contributed by atoms with Crippen LogP contribution in [0.4, 0.5) is 0 Å². The second-order valence-corrected chi connectivity index (χ2v) is 22.6. The number of H-pyrrole nitrogens is 1. The van der Waals surface area contributed by atoms with E-state index < -0.39 is 17.4 Å². The van der Waals surface area contributed by atoms with Crippen molar-refractivity contribution in [2.75, 3.05) is 13.1 Å². The summed E-state index contributed by atoms with van der Waals surface area (Å²) in [6.07, 6.45) is 14.6. The van der Waals surface area contributed by atoms with Crippen molar-refractivity contribution in [3.05, 3.63) is 42.4 Å². The zero-order valence-electron chi connectivity index (χ0n) is 37.2. The fourth-order valence-corrected chi connectivity index (χ4v) is 15.6. The molecule has 6 aliphatic rings.